The molecule has 0 saturated carbocycles. The molecule has 130 valence electrons. The molecule has 3 aromatic rings. The number of phenolic OH excluding ortho intramolecular Hbond substituents is 1. The van der Waals surface area contributed by atoms with E-state index in [4.69, 9.17) is 0 Å². The number of carbonyl (C=O) groups is 2. The van der Waals surface area contributed by atoms with Crippen LogP contribution in [0.5, 0.6) is 5.75 Å². The molecule has 26 heavy (non-hydrogen) atoms. The molecule has 0 aliphatic carbocycles. The molecule has 0 aromatic heterocycles. The number of rotatable bonds is 5. The lowest BCUT2D eigenvalue weighted by Crippen LogP contribution is -2.32. The summed E-state index contributed by atoms with van der Waals surface area (Å²) in [6.07, 6.45) is 0. The maximum atomic E-state index is 12.8. The van der Waals surface area contributed by atoms with Crippen molar-refractivity contribution in [2.75, 3.05) is 10.6 Å². The summed E-state index contributed by atoms with van der Waals surface area (Å²) in [5, 5.41) is 15.0. The summed E-state index contributed by atoms with van der Waals surface area (Å²) in [5.74, 6) is -1.89. The van der Waals surface area contributed by atoms with Gasteiger partial charge >= 0.3 is 0 Å². The van der Waals surface area contributed by atoms with E-state index in [1.54, 1.807) is 60.7 Å². The first-order valence-corrected chi connectivity index (χ1v) is 8.14. The van der Waals surface area contributed by atoms with Gasteiger partial charge in [-0.05, 0) is 42.0 Å². The number of anilines is 2. The molecule has 0 unspecified atom stereocenters. The summed E-state index contributed by atoms with van der Waals surface area (Å²) in [4.78, 5) is 25.6. The second kappa shape index (κ2) is 7.98. The summed E-state index contributed by atoms with van der Waals surface area (Å²) in [5.41, 5.74) is 1.70. The van der Waals surface area contributed by atoms with E-state index in [1.165, 1.54) is 12.1 Å². The molecule has 0 radical (unpaired) electrons. The lowest BCUT2D eigenvalue weighted by Gasteiger charge is -2.17. The number of carbonyl (C=O) groups excluding carboxylic acids is 2. The van der Waals surface area contributed by atoms with Gasteiger partial charge in [0.05, 0.1) is 0 Å². The lowest BCUT2D eigenvalue weighted by atomic mass is 9.96. The van der Waals surface area contributed by atoms with Crippen LogP contribution >= 0.6 is 0 Å². The minimum absolute atomic E-state index is 0.0689. The Morgan fingerprint density at radius 3 is 1.50 bits per heavy atom. The quantitative estimate of drug-likeness (QED) is 0.616. The van der Waals surface area contributed by atoms with Crippen LogP contribution in [0.4, 0.5) is 11.4 Å². The van der Waals surface area contributed by atoms with E-state index in [0.717, 1.165) is 0 Å². The zero-order valence-corrected chi connectivity index (χ0v) is 13.9. The van der Waals surface area contributed by atoms with Gasteiger partial charge < -0.3 is 15.7 Å². The third-order valence-corrected chi connectivity index (χ3v) is 3.83. The third-order valence-electron chi connectivity index (χ3n) is 3.83. The van der Waals surface area contributed by atoms with Gasteiger partial charge in [0.1, 0.15) is 11.7 Å². The maximum Gasteiger partial charge on any atom is 0.241 e. The fourth-order valence-electron chi connectivity index (χ4n) is 2.56. The van der Waals surface area contributed by atoms with Gasteiger partial charge in [-0.1, -0.05) is 48.5 Å². The van der Waals surface area contributed by atoms with Gasteiger partial charge in [-0.15, -0.1) is 0 Å². The molecular weight excluding hydrogens is 328 g/mol. The van der Waals surface area contributed by atoms with Crippen LogP contribution in [-0.4, -0.2) is 16.9 Å². The number of benzene rings is 3. The predicted molar refractivity (Wildman–Crippen MR) is 101 cm³/mol. The number of nitrogens with one attached hydrogen (secondary N) is 2. The Kier molecular flexibility index (Phi) is 5.29. The average Bonchev–Trinajstić information content (AvgIpc) is 2.65. The highest BCUT2D eigenvalue weighted by atomic mass is 16.3. The number of hydrogen-bond donors (Lipinski definition) is 3. The number of phenols is 1. The summed E-state index contributed by atoms with van der Waals surface area (Å²) in [7, 11) is 0. The number of aromatic hydroxyl groups is 1. The Balaban J connectivity index is 1.87. The van der Waals surface area contributed by atoms with Crippen LogP contribution in [0.2, 0.25) is 0 Å². The van der Waals surface area contributed by atoms with E-state index >= 15 is 0 Å². The van der Waals surface area contributed by atoms with Gasteiger partial charge in [0.15, 0.2) is 0 Å². The zero-order valence-electron chi connectivity index (χ0n) is 13.9. The highest BCUT2D eigenvalue weighted by Gasteiger charge is 2.29. The number of para-hydroxylation sites is 2. The van der Waals surface area contributed by atoms with E-state index in [9.17, 15) is 14.7 Å². The van der Waals surface area contributed by atoms with Gasteiger partial charge in [-0.2, -0.15) is 0 Å². The van der Waals surface area contributed by atoms with E-state index < -0.39 is 17.7 Å². The van der Waals surface area contributed by atoms with Crippen molar-refractivity contribution in [1.29, 1.82) is 0 Å². The summed E-state index contributed by atoms with van der Waals surface area (Å²) in [6.45, 7) is 0. The summed E-state index contributed by atoms with van der Waals surface area (Å²) >= 11 is 0. The van der Waals surface area contributed by atoms with E-state index in [2.05, 4.69) is 10.6 Å². The van der Waals surface area contributed by atoms with E-state index in [1.807, 2.05) is 12.1 Å². The molecule has 0 aliphatic heterocycles. The molecule has 0 aliphatic rings. The highest BCUT2D eigenvalue weighted by molar-refractivity contribution is 6.15. The van der Waals surface area contributed by atoms with Gasteiger partial charge in [0.2, 0.25) is 11.8 Å². The van der Waals surface area contributed by atoms with E-state index in [-0.39, 0.29) is 5.75 Å². The topological polar surface area (TPSA) is 78.4 Å². The molecule has 5 heteroatoms. The van der Waals surface area contributed by atoms with Crippen molar-refractivity contribution < 1.29 is 14.7 Å². The summed E-state index contributed by atoms with van der Waals surface area (Å²) in [6, 6.07) is 23.9. The fraction of sp³-hybridized carbons (Fsp3) is 0.0476. The summed E-state index contributed by atoms with van der Waals surface area (Å²) < 4.78 is 0. The van der Waals surface area contributed by atoms with Crippen molar-refractivity contribution in [1.82, 2.24) is 0 Å². The minimum atomic E-state index is -1.06. The van der Waals surface area contributed by atoms with Crippen molar-refractivity contribution in [3.05, 3.63) is 90.5 Å². The Bertz CT molecular complexity index is 825. The van der Waals surface area contributed by atoms with Crippen LogP contribution in [0.15, 0.2) is 84.9 Å². The van der Waals surface area contributed by atoms with E-state index in [0.29, 0.717) is 16.9 Å². The molecule has 3 rings (SSSR count). The first kappa shape index (κ1) is 17.2. The Labute approximate surface area is 151 Å². The number of hydrogen-bond acceptors (Lipinski definition) is 3. The third kappa shape index (κ3) is 4.27. The van der Waals surface area contributed by atoms with Gasteiger partial charge in [0.25, 0.3) is 0 Å². The molecule has 0 atom stereocenters. The van der Waals surface area contributed by atoms with Crippen molar-refractivity contribution in [3.63, 3.8) is 0 Å². The Morgan fingerprint density at radius 2 is 1.08 bits per heavy atom. The van der Waals surface area contributed by atoms with Gasteiger partial charge in [0, 0.05) is 11.4 Å². The molecule has 0 saturated heterocycles. The molecule has 2 amide bonds. The molecule has 5 nitrogen and oxygen atoms in total. The van der Waals surface area contributed by atoms with Crippen molar-refractivity contribution in [2.24, 2.45) is 0 Å². The normalized spacial score (nSPS) is 10.3. The monoisotopic (exact) mass is 346 g/mol. The van der Waals surface area contributed by atoms with Crippen LogP contribution in [-0.2, 0) is 9.59 Å². The zero-order chi connectivity index (χ0) is 18.4. The predicted octanol–water partition coefficient (Wildman–Crippen LogP) is 3.75. The Morgan fingerprint density at radius 1 is 0.654 bits per heavy atom. The SMILES string of the molecule is O=C(Nc1ccccc1)C(C(=O)Nc1ccccc1)c1ccc(O)cc1. The van der Waals surface area contributed by atoms with Crippen LogP contribution in [0.3, 0.4) is 0 Å². The molecule has 0 heterocycles. The average molecular weight is 346 g/mol. The second-order valence-electron chi connectivity index (χ2n) is 5.74. The first-order chi connectivity index (χ1) is 12.6. The highest BCUT2D eigenvalue weighted by Crippen LogP contribution is 2.23. The standard InChI is InChI=1S/C21H18N2O3/c24-18-13-11-15(12-14-18)19(20(25)22-16-7-3-1-4-8-16)21(26)23-17-9-5-2-6-10-17/h1-14,19,24H,(H,22,25)(H,23,26). The molecule has 0 fully saturated rings. The van der Waals surface area contributed by atoms with Crippen molar-refractivity contribution in [2.45, 2.75) is 5.92 Å². The van der Waals surface area contributed by atoms with Gasteiger partial charge in [-0.3, -0.25) is 9.59 Å². The molecule has 3 N–H and O–H groups in total. The van der Waals surface area contributed by atoms with Crippen molar-refractivity contribution >= 4 is 23.2 Å². The first-order valence-electron chi connectivity index (χ1n) is 8.14. The molecule has 0 spiro atoms. The maximum absolute atomic E-state index is 12.8. The smallest absolute Gasteiger partial charge is 0.241 e. The molecular formula is C21H18N2O3. The van der Waals surface area contributed by atoms with Crippen LogP contribution in [0.1, 0.15) is 11.5 Å². The Hall–Kier alpha value is -3.60. The molecule has 0 bridgehead atoms. The van der Waals surface area contributed by atoms with Crippen LogP contribution < -0.4 is 10.6 Å². The second-order valence-corrected chi connectivity index (χ2v) is 5.74. The fourth-order valence-corrected chi connectivity index (χ4v) is 2.56. The minimum Gasteiger partial charge on any atom is -0.508 e. The van der Waals surface area contributed by atoms with Crippen LogP contribution in [0.25, 0.3) is 0 Å². The largest absolute Gasteiger partial charge is 0.508 e. The van der Waals surface area contributed by atoms with Crippen LogP contribution in [0, 0.1) is 0 Å². The number of amides is 2. The van der Waals surface area contributed by atoms with Crippen molar-refractivity contribution in [3.8, 4) is 5.75 Å². The lowest BCUT2D eigenvalue weighted by molar-refractivity contribution is -0.125. The molecule has 3 aromatic carbocycles. The van der Waals surface area contributed by atoms with Gasteiger partial charge in [-0.25, -0.2) is 0 Å².